The van der Waals surface area contributed by atoms with Crippen LogP contribution in [0.4, 0.5) is 0 Å². The molecule has 0 saturated carbocycles. The molecule has 2 aliphatic rings. The number of phenols is 1. The standard InChI is InChI=1S/C60H43N5O/c1-60(2)48-22-10-6-17-43(48)46-35-36-52-55(56(46)60)47-20-9-13-25-51(47)64(52)41-33-31-40(32-34-41)58-61-57(62-59(63-58)65-49-23-11-7-18-44(49)45-19-8-12-24-50(45)65)39-29-27-38(28-30-39)54-42(21-14-26-53(54)66)37-15-4-3-5-16-37/h3-36,58,66H,1-2H3,(H,61,62,63). The Hall–Kier alpha value is -8.48. The number of aliphatic imine (C=N–C) groups is 2. The Labute approximate surface area is 382 Å². The number of nitrogens with one attached hydrogen (secondary N) is 1. The van der Waals surface area contributed by atoms with Gasteiger partial charge in [-0.25, -0.2) is 4.99 Å². The van der Waals surface area contributed by atoms with Gasteiger partial charge in [-0.3, -0.25) is 4.57 Å². The molecule has 0 saturated heterocycles. The average molecular weight is 850 g/mol. The summed E-state index contributed by atoms with van der Waals surface area (Å²) in [6.45, 7) is 4.73. The quantitative estimate of drug-likeness (QED) is 0.181. The van der Waals surface area contributed by atoms with Crippen LogP contribution in [-0.4, -0.2) is 26.0 Å². The number of aromatic nitrogens is 2. The van der Waals surface area contributed by atoms with E-state index < -0.39 is 6.17 Å². The number of nitrogens with zero attached hydrogens (tertiary/aromatic N) is 4. The molecule has 13 rings (SSSR count). The minimum absolute atomic E-state index is 0.142. The molecule has 3 heterocycles. The van der Waals surface area contributed by atoms with Crippen LogP contribution < -0.4 is 5.32 Å². The van der Waals surface area contributed by atoms with Gasteiger partial charge in [0.25, 0.3) is 0 Å². The molecule has 2 N–H and O–H groups in total. The van der Waals surface area contributed by atoms with Gasteiger partial charge in [0, 0.05) is 43.8 Å². The summed E-state index contributed by atoms with van der Waals surface area (Å²) in [5.74, 6) is 1.55. The molecule has 6 nitrogen and oxygen atoms in total. The number of para-hydroxylation sites is 3. The first kappa shape index (κ1) is 38.0. The van der Waals surface area contributed by atoms with Gasteiger partial charge in [0.2, 0.25) is 5.96 Å². The molecule has 0 radical (unpaired) electrons. The van der Waals surface area contributed by atoms with Gasteiger partial charge in [-0.2, -0.15) is 4.99 Å². The lowest BCUT2D eigenvalue weighted by Crippen LogP contribution is -2.35. The van der Waals surface area contributed by atoms with Gasteiger partial charge in [0.05, 0.1) is 22.1 Å². The third-order valence-corrected chi connectivity index (χ3v) is 13.9. The molecule has 0 bridgehead atoms. The van der Waals surface area contributed by atoms with Gasteiger partial charge >= 0.3 is 0 Å². The molecule has 1 unspecified atom stereocenters. The van der Waals surface area contributed by atoms with Gasteiger partial charge in [-0.1, -0.05) is 178 Å². The van der Waals surface area contributed by atoms with E-state index in [1.807, 2.05) is 24.3 Å². The van der Waals surface area contributed by atoms with Crippen LogP contribution in [0.15, 0.2) is 216 Å². The van der Waals surface area contributed by atoms with Crippen molar-refractivity contribution in [3.05, 3.63) is 229 Å². The third-order valence-electron chi connectivity index (χ3n) is 13.9. The fraction of sp³-hybridized carbons (Fsp3) is 0.0667. The Morgan fingerprint density at radius 3 is 1.82 bits per heavy atom. The molecule has 314 valence electrons. The van der Waals surface area contributed by atoms with Gasteiger partial charge < -0.3 is 15.0 Å². The molecular formula is C60H43N5O. The monoisotopic (exact) mass is 849 g/mol. The summed E-state index contributed by atoms with van der Waals surface area (Å²) in [6, 6.07) is 72.3. The van der Waals surface area contributed by atoms with Crippen molar-refractivity contribution in [1.82, 2.24) is 14.5 Å². The van der Waals surface area contributed by atoms with E-state index in [2.05, 4.69) is 204 Å². The third kappa shape index (κ3) is 5.68. The van der Waals surface area contributed by atoms with Crippen molar-refractivity contribution in [1.29, 1.82) is 0 Å². The number of amidine groups is 1. The summed E-state index contributed by atoms with van der Waals surface area (Å²) < 4.78 is 4.60. The Morgan fingerprint density at radius 1 is 0.485 bits per heavy atom. The molecule has 9 aromatic carbocycles. The van der Waals surface area contributed by atoms with E-state index in [4.69, 9.17) is 9.98 Å². The maximum Gasteiger partial charge on any atom is 0.234 e. The molecule has 0 amide bonds. The molecule has 11 aromatic rings. The van der Waals surface area contributed by atoms with Crippen LogP contribution in [-0.2, 0) is 5.41 Å². The van der Waals surface area contributed by atoms with E-state index in [9.17, 15) is 5.11 Å². The molecule has 1 aliphatic carbocycles. The normalized spacial score (nSPS) is 15.2. The number of aromatic hydroxyl groups is 1. The van der Waals surface area contributed by atoms with E-state index >= 15 is 0 Å². The highest BCUT2D eigenvalue weighted by atomic mass is 16.3. The van der Waals surface area contributed by atoms with Gasteiger partial charge in [-0.05, 0) is 87.0 Å². The van der Waals surface area contributed by atoms with E-state index in [0.717, 1.165) is 60.9 Å². The van der Waals surface area contributed by atoms with Gasteiger partial charge in [0.1, 0.15) is 17.8 Å². The van der Waals surface area contributed by atoms with Crippen molar-refractivity contribution in [2.45, 2.75) is 25.4 Å². The van der Waals surface area contributed by atoms with Crippen molar-refractivity contribution < 1.29 is 5.11 Å². The Kier molecular flexibility index (Phi) is 8.37. The molecule has 6 heteroatoms. The topological polar surface area (TPSA) is 66.8 Å². The van der Waals surface area contributed by atoms with Crippen LogP contribution in [0.1, 0.15) is 42.3 Å². The van der Waals surface area contributed by atoms with Crippen molar-refractivity contribution in [2.75, 3.05) is 0 Å². The maximum absolute atomic E-state index is 11.2. The van der Waals surface area contributed by atoms with Gasteiger partial charge in [0.15, 0.2) is 0 Å². The van der Waals surface area contributed by atoms with Crippen LogP contribution in [0.3, 0.4) is 0 Å². The van der Waals surface area contributed by atoms with Crippen LogP contribution >= 0.6 is 0 Å². The largest absolute Gasteiger partial charge is 0.507 e. The summed E-state index contributed by atoms with van der Waals surface area (Å²) in [5, 5.41) is 19.8. The number of rotatable bonds is 5. The second-order valence-corrected chi connectivity index (χ2v) is 17.9. The van der Waals surface area contributed by atoms with Crippen LogP contribution in [0.2, 0.25) is 0 Å². The zero-order chi connectivity index (χ0) is 44.1. The fourth-order valence-electron chi connectivity index (χ4n) is 10.9. The Morgan fingerprint density at radius 2 is 1.09 bits per heavy atom. The molecule has 0 fully saturated rings. The smallest absolute Gasteiger partial charge is 0.234 e. The number of fused-ring (bicyclic) bond motifs is 10. The number of phenolic OH excluding ortho intramolecular Hbond substituents is 1. The molecule has 2 aromatic heterocycles. The Bertz CT molecular complexity index is 3760. The lowest BCUT2D eigenvalue weighted by atomic mass is 9.80. The average Bonchev–Trinajstić information content (AvgIpc) is 3.97. The second-order valence-electron chi connectivity index (χ2n) is 17.9. The number of hydrogen-bond acceptors (Lipinski definition) is 4. The molecule has 1 aliphatic heterocycles. The highest BCUT2D eigenvalue weighted by Crippen LogP contribution is 2.53. The Balaban J connectivity index is 0.928. The first-order valence-corrected chi connectivity index (χ1v) is 22.6. The summed E-state index contributed by atoms with van der Waals surface area (Å²) in [6.07, 6.45) is -0.440. The first-order valence-electron chi connectivity index (χ1n) is 22.6. The molecule has 0 spiro atoms. The van der Waals surface area contributed by atoms with Gasteiger partial charge in [-0.15, -0.1) is 0 Å². The number of benzene rings is 9. The fourth-order valence-corrected chi connectivity index (χ4v) is 10.9. The van der Waals surface area contributed by atoms with Crippen LogP contribution in [0.5, 0.6) is 5.75 Å². The van der Waals surface area contributed by atoms with E-state index in [1.165, 1.54) is 44.1 Å². The van der Waals surface area contributed by atoms with Crippen molar-refractivity contribution in [3.8, 4) is 44.8 Å². The zero-order valence-corrected chi connectivity index (χ0v) is 36.4. The lowest BCUT2D eigenvalue weighted by Gasteiger charge is -2.25. The lowest BCUT2D eigenvalue weighted by molar-refractivity contribution is 0.477. The van der Waals surface area contributed by atoms with Crippen LogP contribution in [0.25, 0.3) is 82.7 Å². The zero-order valence-electron chi connectivity index (χ0n) is 36.4. The van der Waals surface area contributed by atoms with E-state index in [-0.39, 0.29) is 11.2 Å². The highest BCUT2D eigenvalue weighted by Gasteiger charge is 2.38. The number of hydrogen-bond donors (Lipinski definition) is 2. The predicted molar refractivity (Wildman–Crippen MR) is 272 cm³/mol. The summed E-state index contributed by atoms with van der Waals surface area (Å²) in [7, 11) is 0. The minimum atomic E-state index is -0.440. The molecular weight excluding hydrogens is 807 g/mol. The van der Waals surface area contributed by atoms with Crippen LogP contribution in [0, 0.1) is 0 Å². The summed E-state index contributed by atoms with van der Waals surface area (Å²) >= 11 is 0. The van der Waals surface area contributed by atoms with E-state index in [0.29, 0.717) is 11.8 Å². The molecule has 66 heavy (non-hydrogen) atoms. The molecule has 1 atom stereocenters. The van der Waals surface area contributed by atoms with Crippen molar-refractivity contribution in [3.63, 3.8) is 0 Å². The van der Waals surface area contributed by atoms with Crippen molar-refractivity contribution >= 4 is 55.4 Å². The first-order chi connectivity index (χ1) is 32.4. The minimum Gasteiger partial charge on any atom is -0.507 e. The summed E-state index contributed by atoms with van der Waals surface area (Å²) in [4.78, 5) is 10.7. The second kappa shape index (κ2) is 14.5. The SMILES string of the molecule is CC1(C)c2ccccc2-c2ccc3c(c21)c1ccccc1n3-c1ccc(C2N=C(n3c4ccccc4c4ccccc43)N=C(c3ccc(-c4c(O)cccc4-c4ccccc4)cc3)N2)cc1. The summed E-state index contributed by atoms with van der Waals surface area (Å²) in [5.41, 5.74) is 16.5. The van der Waals surface area contributed by atoms with Crippen molar-refractivity contribution in [2.24, 2.45) is 9.98 Å². The maximum atomic E-state index is 11.2. The predicted octanol–water partition coefficient (Wildman–Crippen LogP) is 14.2. The highest BCUT2D eigenvalue weighted by molar-refractivity contribution is 6.17. The van der Waals surface area contributed by atoms with E-state index in [1.54, 1.807) is 6.07 Å².